The fourth-order valence-corrected chi connectivity index (χ4v) is 9.08. The largest absolute Gasteiger partial charge is 0.310 e. The first-order chi connectivity index (χ1) is 24.8. The number of allylic oxidation sites excluding steroid dienone is 4. The van der Waals surface area contributed by atoms with Crippen LogP contribution in [-0.2, 0) is 5.41 Å². The van der Waals surface area contributed by atoms with Crippen LogP contribution in [0.5, 0.6) is 0 Å². The topological polar surface area (TPSA) is 3.24 Å². The fourth-order valence-electron chi connectivity index (χ4n) is 9.08. The number of hydrogen-bond acceptors (Lipinski definition) is 1. The molecule has 7 aromatic rings. The van der Waals surface area contributed by atoms with Gasteiger partial charge in [0.1, 0.15) is 0 Å². The van der Waals surface area contributed by atoms with Crippen molar-refractivity contribution in [2.75, 3.05) is 4.90 Å². The van der Waals surface area contributed by atoms with Gasteiger partial charge in [0.25, 0.3) is 0 Å². The molecule has 0 fully saturated rings. The zero-order valence-corrected chi connectivity index (χ0v) is 27.7. The third kappa shape index (κ3) is 4.27. The Kier molecular flexibility index (Phi) is 6.60. The number of benzene rings is 7. The molecule has 0 aromatic heterocycles. The molecule has 0 saturated heterocycles. The summed E-state index contributed by atoms with van der Waals surface area (Å²) in [6.07, 6.45) is 9.40. The zero-order valence-electron chi connectivity index (χ0n) is 27.7. The van der Waals surface area contributed by atoms with Crippen LogP contribution in [0.25, 0.3) is 33.4 Å². The van der Waals surface area contributed by atoms with E-state index in [-0.39, 0.29) is 11.3 Å². The predicted molar refractivity (Wildman–Crippen MR) is 208 cm³/mol. The van der Waals surface area contributed by atoms with Crippen LogP contribution >= 0.6 is 0 Å². The standard InChI is InChI=1S/C49H35N/c1-3-14-34(15-4-1)36-26-28-38(29-27-36)50(39-19-13-18-37(32-39)35-16-5-2-6-17-35)40-30-31-48-44(33-40)43-22-9-12-25-47(43)49(48)45-23-10-7-20-41(45)42-21-8-11-24-46(42)49/h1-33,43,47H. The lowest BCUT2D eigenvalue weighted by molar-refractivity contribution is 0.465. The van der Waals surface area contributed by atoms with Gasteiger partial charge < -0.3 is 4.90 Å². The third-order valence-corrected chi connectivity index (χ3v) is 11.2. The Balaban J connectivity index is 1.17. The van der Waals surface area contributed by atoms with E-state index in [0.717, 1.165) is 11.4 Å². The van der Waals surface area contributed by atoms with E-state index >= 15 is 0 Å². The minimum absolute atomic E-state index is 0.234. The summed E-state index contributed by atoms with van der Waals surface area (Å²) < 4.78 is 0. The van der Waals surface area contributed by atoms with Gasteiger partial charge in [-0.1, -0.05) is 164 Å². The summed E-state index contributed by atoms with van der Waals surface area (Å²) in [7, 11) is 0. The first kappa shape index (κ1) is 28.8. The molecule has 236 valence electrons. The summed E-state index contributed by atoms with van der Waals surface area (Å²) in [4.78, 5) is 2.43. The first-order valence-electron chi connectivity index (χ1n) is 17.6. The Morgan fingerprint density at radius 1 is 0.380 bits per heavy atom. The van der Waals surface area contributed by atoms with Crippen LogP contribution in [0.1, 0.15) is 28.2 Å². The molecule has 0 bridgehead atoms. The lowest BCUT2D eigenvalue weighted by atomic mass is 9.65. The molecule has 0 amide bonds. The van der Waals surface area contributed by atoms with Crippen molar-refractivity contribution in [3.05, 3.63) is 222 Å². The molecule has 3 aliphatic rings. The Hall–Kier alpha value is -6.18. The zero-order chi connectivity index (χ0) is 33.1. The first-order valence-corrected chi connectivity index (χ1v) is 17.6. The third-order valence-electron chi connectivity index (χ3n) is 11.2. The predicted octanol–water partition coefficient (Wildman–Crippen LogP) is 12.6. The van der Waals surface area contributed by atoms with E-state index in [1.807, 2.05) is 0 Å². The maximum Gasteiger partial charge on any atom is 0.0537 e. The van der Waals surface area contributed by atoms with E-state index in [0.29, 0.717) is 5.92 Å². The second-order valence-electron chi connectivity index (χ2n) is 13.7. The highest BCUT2D eigenvalue weighted by Crippen LogP contribution is 2.65. The lowest BCUT2D eigenvalue weighted by Crippen LogP contribution is -2.32. The average molecular weight is 638 g/mol. The molecule has 0 saturated carbocycles. The Bertz CT molecular complexity index is 2390. The summed E-state index contributed by atoms with van der Waals surface area (Å²) in [5, 5.41) is 0. The molecule has 1 nitrogen and oxygen atoms in total. The molecule has 50 heavy (non-hydrogen) atoms. The van der Waals surface area contributed by atoms with E-state index in [9.17, 15) is 0 Å². The molecule has 0 N–H and O–H groups in total. The van der Waals surface area contributed by atoms with E-state index in [1.54, 1.807) is 0 Å². The van der Waals surface area contributed by atoms with Crippen molar-refractivity contribution in [2.24, 2.45) is 5.92 Å². The molecular formula is C49H35N. The van der Waals surface area contributed by atoms with Crippen LogP contribution in [0.4, 0.5) is 17.1 Å². The molecule has 3 aliphatic carbocycles. The molecule has 2 unspecified atom stereocenters. The summed E-state index contributed by atoms with van der Waals surface area (Å²) in [6, 6.07) is 64.7. The maximum atomic E-state index is 2.48. The summed E-state index contributed by atoms with van der Waals surface area (Å²) in [6.45, 7) is 0. The van der Waals surface area contributed by atoms with Gasteiger partial charge in [-0.2, -0.15) is 0 Å². The summed E-state index contributed by atoms with van der Waals surface area (Å²) in [5.74, 6) is 0.565. The fraction of sp³-hybridized carbons (Fsp3) is 0.0612. The Morgan fingerprint density at radius 3 is 1.62 bits per heavy atom. The van der Waals surface area contributed by atoms with Crippen LogP contribution in [0.2, 0.25) is 0 Å². The molecule has 10 rings (SSSR count). The second kappa shape index (κ2) is 11.5. The second-order valence-corrected chi connectivity index (χ2v) is 13.7. The minimum atomic E-state index is -0.234. The van der Waals surface area contributed by atoms with Gasteiger partial charge >= 0.3 is 0 Å². The van der Waals surface area contributed by atoms with Gasteiger partial charge in [-0.15, -0.1) is 0 Å². The van der Waals surface area contributed by atoms with Crippen molar-refractivity contribution in [2.45, 2.75) is 11.3 Å². The highest BCUT2D eigenvalue weighted by molar-refractivity contribution is 5.87. The highest BCUT2D eigenvalue weighted by Gasteiger charge is 2.57. The highest BCUT2D eigenvalue weighted by atomic mass is 15.1. The van der Waals surface area contributed by atoms with Crippen LogP contribution in [0.15, 0.2) is 200 Å². The smallest absolute Gasteiger partial charge is 0.0537 e. The Morgan fingerprint density at radius 2 is 0.920 bits per heavy atom. The number of rotatable bonds is 5. The minimum Gasteiger partial charge on any atom is -0.310 e. The van der Waals surface area contributed by atoms with Crippen molar-refractivity contribution < 1.29 is 0 Å². The van der Waals surface area contributed by atoms with Crippen molar-refractivity contribution in [3.8, 4) is 33.4 Å². The maximum absolute atomic E-state index is 2.48. The van der Waals surface area contributed by atoms with E-state index in [2.05, 4.69) is 205 Å². The molecule has 0 heterocycles. The number of nitrogens with zero attached hydrogens (tertiary/aromatic N) is 1. The lowest BCUT2D eigenvalue weighted by Gasteiger charge is -2.36. The SMILES string of the molecule is C1=CC2c3cc(N(c4ccc(-c5ccccc5)cc4)c4cccc(-c5ccccc5)c4)ccc3C3(c4ccccc4-c4ccccc43)C2C=C1. The molecular weight excluding hydrogens is 603 g/mol. The van der Waals surface area contributed by atoms with E-state index in [1.165, 1.54) is 61.3 Å². The molecule has 2 atom stereocenters. The van der Waals surface area contributed by atoms with Crippen LogP contribution in [0.3, 0.4) is 0 Å². The normalized spacial score (nSPS) is 17.2. The van der Waals surface area contributed by atoms with Gasteiger partial charge in [0.2, 0.25) is 0 Å². The van der Waals surface area contributed by atoms with Crippen molar-refractivity contribution >= 4 is 17.1 Å². The molecule has 1 spiro atoms. The monoisotopic (exact) mass is 637 g/mol. The van der Waals surface area contributed by atoms with Gasteiger partial charge in [-0.05, 0) is 92.0 Å². The van der Waals surface area contributed by atoms with Gasteiger partial charge in [-0.3, -0.25) is 0 Å². The van der Waals surface area contributed by atoms with E-state index < -0.39 is 0 Å². The number of hydrogen-bond donors (Lipinski definition) is 0. The van der Waals surface area contributed by atoms with Crippen molar-refractivity contribution in [1.29, 1.82) is 0 Å². The number of fused-ring (bicyclic) bond motifs is 10. The molecule has 0 radical (unpaired) electrons. The van der Waals surface area contributed by atoms with Gasteiger partial charge in [-0.25, -0.2) is 0 Å². The van der Waals surface area contributed by atoms with Gasteiger partial charge in [0, 0.05) is 28.9 Å². The molecule has 0 aliphatic heterocycles. The molecule has 1 heteroatoms. The van der Waals surface area contributed by atoms with Crippen LogP contribution in [-0.4, -0.2) is 0 Å². The molecule has 7 aromatic carbocycles. The Labute approximate surface area is 294 Å². The average Bonchev–Trinajstić information content (AvgIpc) is 3.66. The van der Waals surface area contributed by atoms with Crippen molar-refractivity contribution in [1.82, 2.24) is 0 Å². The summed E-state index contributed by atoms with van der Waals surface area (Å²) >= 11 is 0. The van der Waals surface area contributed by atoms with Crippen molar-refractivity contribution in [3.63, 3.8) is 0 Å². The van der Waals surface area contributed by atoms with Gasteiger partial charge in [0.05, 0.1) is 5.41 Å². The summed E-state index contributed by atoms with van der Waals surface area (Å²) in [5.41, 5.74) is 16.4. The van der Waals surface area contributed by atoms with Crippen LogP contribution in [0, 0.1) is 5.92 Å². The van der Waals surface area contributed by atoms with Gasteiger partial charge in [0.15, 0.2) is 0 Å². The van der Waals surface area contributed by atoms with E-state index in [4.69, 9.17) is 0 Å². The quantitative estimate of drug-likeness (QED) is 0.182. The number of anilines is 3. The van der Waals surface area contributed by atoms with Crippen LogP contribution < -0.4 is 4.90 Å².